The summed E-state index contributed by atoms with van der Waals surface area (Å²) in [7, 11) is 0. The van der Waals surface area contributed by atoms with E-state index in [2.05, 4.69) is 29.6 Å². The molecule has 1 N–H and O–H groups in total. The molecule has 1 saturated heterocycles. The highest BCUT2D eigenvalue weighted by molar-refractivity contribution is 6.30. The summed E-state index contributed by atoms with van der Waals surface area (Å²) in [6, 6.07) is 16.2. The SMILES string of the molecule is CC(C)C(CNC(=O)OC(C)(C)C)C(=O)OC[N+]1(CCOCc2ccc(-c3ccc(Cl)cc3)cc2)CCCCC1. The summed E-state index contributed by atoms with van der Waals surface area (Å²) in [4.78, 5) is 25.2. The maximum absolute atomic E-state index is 13.1. The Kier molecular flexibility index (Phi) is 11.9. The van der Waals surface area contributed by atoms with Crippen LogP contribution >= 0.6 is 11.6 Å². The van der Waals surface area contributed by atoms with E-state index < -0.39 is 17.6 Å². The molecule has 40 heavy (non-hydrogen) atoms. The minimum atomic E-state index is -0.592. The fourth-order valence-electron chi connectivity index (χ4n) is 4.89. The fourth-order valence-corrected chi connectivity index (χ4v) is 5.02. The average molecular weight is 574 g/mol. The van der Waals surface area contributed by atoms with E-state index in [0.29, 0.717) is 24.4 Å². The molecule has 0 aliphatic carbocycles. The number of nitrogens with one attached hydrogen (secondary N) is 1. The number of rotatable bonds is 12. The van der Waals surface area contributed by atoms with Gasteiger partial charge in [-0.25, -0.2) is 4.79 Å². The Morgan fingerprint density at radius 2 is 1.55 bits per heavy atom. The van der Waals surface area contributed by atoms with Gasteiger partial charge in [0.2, 0.25) is 6.73 Å². The Morgan fingerprint density at radius 1 is 0.950 bits per heavy atom. The van der Waals surface area contributed by atoms with Gasteiger partial charge in [0.25, 0.3) is 0 Å². The van der Waals surface area contributed by atoms with E-state index >= 15 is 0 Å². The van der Waals surface area contributed by atoms with Gasteiger partial charge in [0, 0.05) is 11.6 Å². The second kappa shape index (κ2) is 14.9. The van der Waals surface area contributed by atoms with Gasteiger partial charge in [0.15, 0.2) is 0 Å². The number of esters is 1. The molecule has 1 heterocycles. The molecule has 1 aliphatic rings. The highest BCUT2D eigenvalue weighted by Crippen LogP contribution is 2.23. The van der Waals surface area contributed by atoms with E-state index in [1.54, 1.807) is 0 Å². The zero-order valence-electron chi connectivity index (χ0n) is 24.7. The van der Waals surface area contributed by atoms with Crippen molar-refractivity contribution in [3.8, 4) is 11.1 Å². The lowest BCUT2D eigenvalue weighted by Gasteiger charge is -2.40. The Balaban J connectivity index is 1.49. The predicted octanol–water partition coefficient (Wildman–Crippen LogP) is 6.82. The fraction of sp³-hybridized carbons (Fsp3) is 0.562. The van der Waals surface area contributed by atoms with Crippen LogP contribution in [0.25, 0.3) is 11.1 Å². The normalized spacial score (nSPS) is 15.9. The van der Waals surface area contributed by atoms with Gasteiger partial charge in [-0.15, -0.1) is 0 Å². The first-order chi connectivity index (χ1) is 19.0. The van der Waals surface area contributed by atoms with Crippen LogP contribution in [0, 0.1) is 11.8 Å². The minimum absolute atomic E-state index is 0.0201. The van der Waals surface area contributed by atoms with Crippen molar-refractivity contribution in [2.75, 3.05) is 39.5 Å². The molecular weight excluding hydrogens is 528 g/mol. The van der Waals surface area contributed by atoms with E-state index in [0.717, 1.165) is 54.2 Å². The zero-order valence-corrected chi connectivity index (χ0v) is 25.5. The number of hydrogen-bond acceptors (Lipinski definition) is 5. The van der Waals surface area contributed by atoms with E-state index in [1.165, 1.54) is 6.42 Å². The van der Waals surface area contributed by atoms with Gasteiger partial charge in [-0.2, -0.15) is 0 Å². The molecule has 2 aromatic carbocycles. The van der Waals surface area contributed by atoms with Crippen LogP contribution < -0.4 is 5.32 Å². The number of hydrogen-bond donors (Lipinski definition) is 1. The summed E-state index contributed by atoms with van der Waals surface area (Å²) >= 11 is 6.00. The summed E-state index contributed by atoms with van der Waals surface area (Å²) in [5, 5.41) is 3.46. The molecule has 1 atom stereocenters. The van der Waals surface area contributed by atoms with E-state index in [-0.39, 0.29) is 18.4 Å². The summed E-state index contributed by atoms with van der Waals surface area (Å²) in [5.41, 5.74) is 2.79. The van der Waals surface area contributed by atoms with Gasteiger partial charge in [0.05, 0.1) is 32.2 Å². The molecule has 1 fully saturated rings. The quantitative estimate of drug-likeness (QED) is 0.171. The number of carbonyl (C=O) groups excluding carboxylic acids is 2. The molecule has 1 aliphatic heterocycles. The predicted molar refractivity (Wildman–Crippen MR) is 159 cm³/mol. The number of quaternary nitrogens is 1. The lowest BCUT2D eigenvalue weighted by molar-refractivity contribution is -0.948. The Hall–Kier alpha value is -2.61. The molecule has 220 valence electrons. The van der Waals surface area contributed by atoms with Crippen molar-refractivity contribution in [3.05, 3.63) is 59.1 Å². The van der Waals surface area contributed by atoms with Crippen LogP contribution in [0.2, 0.25) is 5.02 Å². The van der Waals surface area contributed by atoms with Crippen molar-refractivity contribution in [1.82, 2.24) is 5.32 Å². The lowest BCUT2D eigenvalue weighted by atomic mass is 9.96. The van der Waals surface area contributed by atoms with Crippen molar-refractivity contribution < 1.29 is 28.3 Å². The maximum atomic E-state index is 13.1. The highest BCUT2D eigenvalue weighted by atomic mass is 35.5. The van der Waals surface area contributed by atoms with Gasteiger partial charge in [-0.05, 0) is 74.8 Å². The first-order valence-corrected chi connectivity index (χ1v) is 14.8. The molecule has 3 rings (SSSR count). The Labute approximate surface area is 244 Å². The van der Waals surface area contributed by atoms with Crippen molar-refractivity contribution in [1.29, 1.82) is 0 Å². The average Bonchev–Trinajstić information content (AvgIpc) is 2.90. The standard InChI is InChI=1S/C32H45ClN2O5/c1-24(2)29(21-34-31(37)40-32(3,4)5)30(36)39-23-35(17-7-6-8-18-35)19-20-38-22-25-9-11-26(12-10-25)27-13-15-28(33)16-14-27/h9-16,24,29H,6-8,17-23H2,1-5H3/p+1. The third-order valence-electron chi connectivity index (χ3n) is 7.33. The number of benzene rings is 2. The molecule has 8 heteroatoms. The van der Waals surface area contributed by atoms with Gasteiger partial charge in [-0.3, -0.25) is 9.28 Å². The molecule has 1 unspecified atom stereocenters. The summed E-state index contributed by atoms with van der Waals surface area (Å²) < 4.78 is 18.0. The molecular formula is C32H46ClN2O5+. The Morgan fingerprint density at radius 3 is 2.12 bits per heavy atom. The van der Waals surface area contributed by atoms with Crippen LogP contribution in [0.1, 0.15) is 59.4 Å². The topological polar surface area (TPSA) is 73.9 Å². The van der Waals surface area contributed by atoms with E-state index in [1.807, 2.05) is 58.9 Å². The summed E-state index contributed by atoms with van der Waals surface area (Å²) in [6.07, 6.45) is 2.89. The number of piperidine rings is 1. The highest BCUT2D eigenvalue weighted by Gasteiger charge is 2.33. The number of likely N-dealkylation sites (tertiary alicyclic amines) is 1. The van der Waals surface area contributed by atoms with Gasteiger partial charge in [0.1, 0.15) is 12.1 Å². The minimum Gasteiger partial charge on any atom is -0.444 e. The maximum Gasteiger partial charge on any atom is 0.407 e. The lowest BCUT2D eigenvalue weighted by Crippen LogP contribution is -2.55. The first kappa shape index (κ1) is 31.9. The van der Waals surface area contributed by atoms with E-state index in [4.69, 9.17) is 25.8 Å². The summed E-state index contributed by atoms with van der Waals surface area (Å²) in [5.74, 6) is -0.702. The van der Waals surface area contributed by atoms with Crippen molar-refractivity contribution in [3.63, 3.8) is 0 Å². The molecule has 7 nitrogen and oxygen atoms in total. The van der Waals surface area contributed by atoms with E-state index in [9.17, 15) is 9.59 Å². The van der Waals surface area contributed by atoms with Crippen LogP contribution in [0.4, 0.5) is 4.79 Å². The largest absolute Gasteiger partial charge is 0.444 e. The van der Waals surface area contributed by atoms with Crippen LogP contribution in [-0.4, -0.2) is 61.7 Å². The molecule has 0 saturated carbocycles. The van der Waals surface area contributed by atoms with Crippen LogP contribution in [0.5, 0.6) is 0 Å². The third-order valence-corrected chi connectivity index (χ3v) is 7.58. The van der Waals surface area contributed by atoms with Crippen molar-refractivity contribution in [2.24, 2.45) is 11.8 Å². The molecule has 0 aromatic heterocycles. The summed E-state index contributed by atoms with van der Waals surface area (Å²) in [6.45, 7) is 13.7. The Bertz CT molecular complexity index is 1070. The monoisotopic (exact) mass is 573 g/mol. The second-order valence-electron chi connectivity index (χ2n) is 12.2. The number of nitrogens with zero attached hydrogens (tertiary/aromatic N) is 1. The number of halogens is 1. The molecule has 2 aromatic rings. The van der Waals surface area contributed by atoms with Crippen LogP contribution in [0.15, 0.2) is 48.5 Å². The molecule has 0 spiro atoms. The number of ether oxygens (including phenoxy) is 3. The van der Waals surface area contributed by atoms with Crippen LogP contribution in [0.3, 0.4) is 0 Å². The first-order valence-electron chi connectivity index (χ1n) is 14.4. The smallest absolute Gasteiger partial charge is 0.407 e. The van der Waals surface area contributed by atoms with Gasteiger partial charge >= 0.3 is 12.1 Å². The van der Waals surface area contributed by atoms with Crippen molar-refractivity contribution in [2.45, 2.75) is 66.1 Å². The molecule has 0 bridgehead atoms. The van der Waals surface area contributed by atoms with Crippen molar-refractivity contribution >= 4 is 23.7 Å². The van der Waals surface area contributed by atoms with Gasteiger partial charge in [-0.1, -0.05) is 61.8 Å². The second-order valence-corrected chi connectivity index (χ2v) is 12.6. The number of alkyl carbamates (subject to hydrolysis) is 1. The third kappa shape index (κ3) is 10.4. The van der Waals surface area contributed by atoms with Gasteiger partial charge < -0.3 is 19.5 Å². The van der Waals surface area contributed by atoms with Crippen LogP contribution in [-0.2, 0) is 25.6 Å². The molecule has 1 amide bonds. The number of amides is 1. The number of carbonyl (C=O) groups is 2. The zero-order chi connectivity index (χ0) is 29.2. The molecule has 0 radical (unpaired) electrons.